The highest BCUT2D eigenvalue weighted by atomic mass is 79.9. The molecule has 0 bridgehead atoms. The third kappa shape index (κ3) is 3.91. The number of nitrogens with one attached hydrogen (secondary N) is 1. The molecule has 2 aromatic rings. The van der Waals surface area contributed by atoms with Crippen molar-refractivity contribution in [2.75, 3.05) is 29.9 Å². The minimum Gasteiger partial charge on any atom is -0.354 e. The standard InChI is InChI=1S/C15H20BrN5/c1-4-17-14-18-13(11-7-9-12(16)10-8-11)19-15(20-14)21(5-2)6-3/h7-10H,4-6H2,1-3H3,(H,17,18,19,20). The summed E-state index contributed by atoms with van der Waals surface area (Å²) in [6.45, 7) is 8.73. The molecule has 0 atom stereocenters. The third-order valence-electron chi connectivity index (χ3n) is 3.11. The lowest BCUT2D eigenvalue weighted by Gasteiger charge is -2.19. The van der Waals surface area contributed by atoms with Gasteiger partial charge in [0.15, 0.2) is 5.82 Å². The van der Waals surface area contributed by atoms with Gasteiger partial charge in [-0.2, -0.15) is 15.0 Å². The van der Waals surface area contributed by atoms with Crippen LogP contribution in [-0.4, -0.2) is 34.6 Å². The van der Waals surface area contributed by atoms with Gasteiger partial charge in [-0.15, -0.1) is 0 Å². The molecule has 1 N–H and O–H groups in total. The Hall–Kier alpha value is -1.69. The zero-order valence-electron chi connectivity index (χ0n) is 12.6. The van der Waals surface area contributed by atoms with Crippen molar-refractivity contribution >= 4 is 27.8 Å². The molecule has 6 heteroatoms. The molecule has 0 aliphatic heterocycles. The van der Waals surface area contributed by atoms with Crippen molar-refractivity contribution in [1.82, 2.24) is 15.0 Å². The van der Waals surface area contributed by atoms with E-state index in [2.05, 4.69) is 54.9 Å². The first-order valence-electron chi connectivity index (χ1n) is 7.18. The van der Waals surface area contributed by atoms with Gasteiger partial charge < -0.3 is 10.2 Å². The van der Waals surface area contributed by atoms with Gasteiger partial charge in [0, 0.05) is 29.7 Å². The van der Waals surface area contributed by atoms with E-state index in [1.54, 1.807) is 0 Å². The van der Waals surface area contributed by atoms with E-state index in [1.165, 1.54) is 0 Å². The lowest BCUT2D eigenvalue weighted by molar-refractivity contribution is 0.814. The molecule has 2 rings (SSSR count). The number of aromatic nitrogens is 3. The van der Waals surface area contributed by atoms with E-state index in [0.717, 1.165) is 29.7 Å². The van der Waals surface area contributed by atoms with Crippen LogP contribution >= 0.6 is 15.9 Å². The Morgan fingerprint density at radius 2 is 1.67 bits per heavy atom. The summed E-state index contributed by atoms with van der Waals surface area (Å²) in [5, 5.41) is 3.17. The number of rotatable bonds is 6. The van der Waals surface area contributed by atoms with Gasteiger partial charge in [0.05, 0.1) is 0 Å². The Bertz CT molecular complexity index is 581. The van der Waals surface area contributed by atoms with E-state index >= 15 is 0 Å². The van der Waals surface area contributed by atoms with Gasteiger partial charge >= 0.3 is 0 Å². The predicted octanol–water partition coefficient (Wildman–Crippen LogP) is 3.58. The minimum atomic E-state index is 0.618. The van der Waals surface area contributed by atoms with Gasteiger partial charge in [0.1, 0.15) is 0 Å². The fraction of sp³-hybridized carbons (Fsp3) is 0.400. The second kappa shape index (κ2) is 7.36. The number of hydrogen-bond acceptors (Lipinski definition) is 5. The second-order valence-electron chi connectivity index (χ2n) is 4.49. The smallest absolute Gasteiger partial charge is 0.230 e. The topological polar surface area (TPSA) is 53.9 Å². The van der Waals surface area contributed by atoms with Crippen molar-refractivity contribution in [3.63, 3.8) is 0 Å². The lowest BCUT2D eigenvalue weighted by Crippen LogP contribution is -2.25. The number of hydrogen-bond donors (Lipinski definition) is 1. The van der Waals surface area contributed by atoms with E-state index in [0.29, 0.717) is 17.7 Å². The molecule has 0 radical (unpaired) electrons. The van der Waals surface area contributed by atoms with Crippen molar-refractivity contribution in [1.29, 1.82) is 0 Å². The highest BCUT2D eigenvalue weighted by Gasteiger charge is 2.12. The second-order valence-corrected chi connectivity index (χ2v) is 5.41. The summed E-state index contributed by atoms with van der Waals surface area (Å²) in [6.07, 6.45) is 0. The third-order valence-corrected chi connectivity index (χ3v) is 3.64. The van der Waals surface area contributed by atoms with E-state index in [-0.39, 0.29) is 0 Å². The molecule has 1 aromatic heterocycles. The fourth-order valence-electron chi connectivity index (χ4n) is 1.98. The molecule has 0 spiro atoms. The Labute approximate surface area is 134 Å². The maximum absolute atomic E-state index is 4.61. The summed E-state index contributed by atoms with van der Waals surface area (Å²) >= 11 is 3.44. The number of benzene rings is 1. The van der Waals surface area contributed by atoms with Crippen LogP contribution in [0.2, 0.25) is 0 Å². The molecule has 0 saturated heterocycles. The summed E-state index contributed by atoms with van der Waals surface area (Å²) in [4.78, 5) is 15.7. The van der Waals surface area contributed by atoms with E-state index in [4.69, 9.17) is 0 Å². The van der Waals surface area contributed by atoms with Gasteiger partial charge in [-0.05, 0) is 32.9 Å². The van der Waals surface area contributed by atoms with Gasteiger partial charge in [-0.25, -0.2) is 0 Å². The first-order valence-corrected chi connectivity index (χ1v) is 7.98. The molecule has 0 aliphatic rings. The summed E-state index contributed by atoms with van der Waals surface area (Å²) in [5.74, 6) is 2.02. The molecule has 0 fully saturated rings. The summed E-state index contributed by atoms with van der Waals surface area (Å²) in [5.41, 5.74) is 0.980. The van der Waals surface area contributed by atoms with Crippen LogP contribution in [0.4, 0.5) is 11.9 Å². The van der Waals surface area contributed by atoms with Crippen LogP contribution in [0.15, 0.2) is 28.7 Å². The zero-order chi connectivity index (χ0) is 15.2. The summed E-state index contributed by atoms with van der Waals surface area (Å²) in [6, 6.07) is 7.98. The Morgan fingerprint density at radius 3 is 2.24 bits per heavy atom. The quantitative estimate of drug-likeness (QED) is 0.863. The highest BCUT2D eigenvalue weighted by Crippen LogP contribution is 2.21. The molecule has 0 amide bonds. The van der Waals surface area contributed by atoms with Crippen molar-refractivity contribution < 1.29 is 0 Å². The maximum Gasteiger partial charge on any atom is 0.230 e. The average molecular weight is 350 g/mol. The maximum atomic E-state index is 4.61. The van der Waals surface area contributed by atoms with Crippen LogP contribution < -0.4 is 10.2 Å². The van der Waals surface area contributed by atoms with E-state index < -0.39 is 0 Å². The Morgan fingerprint density at radius 1 is 1.00 bits per heavy atom. The largest absolute Gasteiger partial charge is 0.354 e. The lowest BCUT2D eigenvalue weighted by atomic mass is 10.2. The van der Waals surface area contributed by atoms with Crippen molar-refractivity contribution in [2.24, 2.45) is 0 Å². The van der Waals surface area contributed by atoms with Crippen LogP contribution in [0.3, 0.4) is 0 Å². The number of anilines is 2. The van der Waals surface area contributed by atoms with Crippen LogP contribution in [-0.2, 0) is 0 Å². The summed E-state index contributed by atoms with van der Waals surface area (Å²) in [7, 11) is 0. The fourth-order valence-corrected chi connectivity index (χ4v) is 2.24. The highest BCUT2D eigenvalue weighted by molar-refractivity contribution is 9.10. The Kier molecular flexibility index (Phi) is 5.50. The number of halogens is 1. The average Bonchev–Trinajstić information content (AvgIpc) is 2.49. The molecular weight excluding hydrogens is 330 g/mol. The molecule has 0 aliphatic carbocycles. The number of nitrogens with zero attached hydrogens (tertiary/aromatic N) is 4. The van der Waals surface area contributed by atoms with E-state index in [1.807, 2.05) is 31.2 Å². The molecule has 0 unspecified atom stereocenters. The first kappa shape index (κ1) is 15.7. The van der Waals surface area contributed by atoms with Crippen molar-refractivity contribution in [2.45, 2.75) is 20.8 Å². The van der Waals surface area contributed by atoms with Crippen molar-refractivity contribution in [3.8, 4) is 11.4 Å². The summed E-state index contributed by atoms with van der Waals surface area (Å²) < 4.78 is 1.04. The normalized spacial score (nSPS) is 10.5. The molecule has 1 aromatic carbocycles. The molecule has 1 heterocycles. The van der Waals surface area contributed by atoms with Gasteiger partial charge in [0.2, 0.25) is 11.9 Å². The zero-order valence-corrected chi connectivity index (χ0v) is 14.2. The minimum absolute atomic E-state index is 0.618. The van der Waals surface area contributed by atoms with Crippen LogP contribution in [0, 0.1) is 0 Å². The molecule has 112 valence electrons. The van der Waals surface area contributed by atoms with Gasteiger partial charge in [-0.3, -0.25) is 0 Å². The van der Waals surface area contributed by atoms with Gasteiger partial charge in [0.25, 0.3) is 0 Å². The van der Waals surface area contributed by atoms with Crippen LogP contribution in [0.1, 0.15) is 20.8 Å². The predicted molar refractivity (Wildman–Crippen MR) is 90.7 cm³/mol. The van der Waals surface area contributed by atoms with E-state index in [9.17, 15) is 0 Å². The first-order chi connectivity index (χ1) is 10.2. The van der Waals surface area contributed by atoms with Crippen LogP contribution in [0.5, 0.6) is 0 Å². The molecule has 0 saturated carbocycles. The molecule has 5 nitrogen and oxygen atoms in total. The monoisotopic (exact) mass is 349 g/mol. The molecular formula is C15H20BrN5. The van der Waals surface area contributed by atoms with Crippen LogP contribution in [0.25, 0.3) is 11.4 Å². The van der Waals surface area contributed by atoms with Gasteiger partial charge in [-0.1, -0.05) is 28.1 Å². The SMILES string of the molecule is CCNc1nc(-c2ccc(Br)cc2)nc(N(CC)CC)n1. The van der Waals surface area contributed by atoms with Crippen molar-refractivity contribution in [3.05, 3.63) is 28.7 Å². The Balaban J connectivity index is 2.46. The molecule has 21 heavy (non-hydrogen) atoms.